The van der Waals surface area contributed by atoms with E-state index in [0.29, 0.717) is 27.1 Å². The normalized spacial score (nSPS) is 11.1. The summed E-state index contributed by atoms with van der Waals surface area (Å²) in [6, 6.07) is 16.1. The zero-order valence-electron chi connectivity index (χ0n) is 12.3. The SMILES string of the molecule is O=C(C=Cc1ccc(-c2ccc(Cl)c(Cl)c2)o1)c1ccc(Br)cc1. The van der Waals surface area contributed by atoms with Gasteiger partial charge in [0, 0.05) is 15.6 Å². The van der Waals surface area contributed by atoms with Crippen LogP contribution in [-0.4, -0.2) is 5.78 Å². The summed E-state index contributed by atoms with van der Waals surface area (Å²) >= 11 is 15.3. The Hall–Kier alpha value is -1.81. The van der Waals surface area contributed by atoms with Crippen LogP contribution in [0, 0.1) is 0 Å². The van der Waals surface area contributed by atoms with Crippen LogP contribution in [0.2, 0.25) is 10.0 Å². The first-order valence-electron chi connectivity index (χ1n) is 7.06. The summed E-state index contributed by atoms with van der Waals surface area (Å²) in [6.45, 7) is 0. The maximum atomic E-state index is 12.1. The monoisotopic (exact) mass is 420 g/mol. The van der Waals surface area contributed by atoms with Gasteiger partial charge in [0.2, 0.25) is 0 Å². The first-order valence-corrected chi connectivity index (χ1v) is 8.61. The number of carbonyl (C=O) groups excluding carboxylic acids is 1. The minimum Gasteiger partial charge on any atom is -0.457 e. The summed E-state index contributed by atoms with van der Waals surface area (Å²) in [5, 5.41) is 0.959. The van der Waals surface area contributed by atoms with Crippen LogP contribution in [0.3, 0.4) is 0 Å². The van der Waals surface area contributed by atoms with Crippen molar-refractivity contribution in [3.8, 4) is 11.3 Å². The lowest BCUT2D eigenvalue weighted by Crippen LogP contribution is -1.92. The minimum atomic E-state index is -0.0880. The van der Waals surface area contributed by atoms with Crippen LogP contribution >= 0.6 is 39.1 Å². The minimum absolute atomic E-state index is 0.0880. The molecule has 0 saturated heterocycles. The van der Waals surface area contributed by atoms with Crippen molar-refractivity contribution in [3.63, 3.8) is 0 Å². The Morgan fingerprint density at radius 3 is 2.42 bits per heavy atom. The summed E-state index contributed by atoms with van der Waals surface area (Å²) in [5.74, 6) is 1.15. The molecule has 2 aromatic carbocycles. The van der Waals surface area contributed by atoms with Crippen LogP contribution in [0.1, 0.15) is 16.1 Å². The Kier molecular flexibility index (Phi) is 5.24. The van der Waals surface area contributed by atoms with Crippen molar-refractivity contribution < 1.29 is 9.21 Å². The third kappa shape index (κ3) is 3.99. The molecule has 0 bridgehead atoms. The lowest BCUT2D eigenvalue weighted by atomic mass is 10.1. The fraction of sp³-hybridized carbons (Fsp3) is 0. The van der Waals surface area contributed by atoms with Crippen LogP contribution in [0.25, 0.3) is 17.4 Å². The number of rotatable bonds is 4. The maximum absolute atomic E-state index is 12.1. The average molecular weight is 422 g/mol. The second-order valence-electron chi connectivity index (χ2n) is 5.04. The quantitative estimate of drug-likeness (QED) is 0.338. The van der Waals surface area contributed by atoms with E-state index in [4.69, 9.17) is 27.6 Å². The lowest BCUT2D eigenvalue weighted by molar-refractivity contribution is 0.104. The van der Waals surface area contributed by atoms with E-state index in [1.54, 1.807) is 36.4 Å². The van der Waals surface area contributed by atoms with Crippen molar-refractivity contribution in [1.29, 1.82) is 0 Å². The first-order chi connectivity index (χ1) is 11.5. The number of ketones is 1. The number of hydrogen-bond donors (Lipinski definition) is 0. The van der Waals surface area contributed by atoms with Gasteiger partial charge < -0.3 is 4.42 Å². The molecule has 1 heterocycles. The van der Waals surface area contributed by atoms with Crippen LogP contribution in [0.5, 0.6) is 0 Å². The highest BCUT2D eigenvalue weighted by atomic mass is 79.9. The van der Waals surface area contributed by atoms with Crippen molar-refractivity contribution in [3.05, 3.63) is 86.5 Å². The Morgan fingerprint density at radius 2 is 1.71 bits per heavy atom. The Morgan fingerprint density at radius 1 is 0.958 bits per heavy atom. The van der Waals surface area contributed by atoms with Gasteiger partial charge in [0.05, 0.1) is 10.0 Å². The number of halogens is 3. The van der Waals surface area contributed by atoms with Crippen molar-refractivity contribution in [1.82, 2.24) is 0 Å². The number of furan rings is 1. The third-order valence-corrected chi connectivity index (χ3v) is 4.63. The largest absolute Gasteiger partial charge is 0.457 e. The first kappa shape index (κ1) is 17.0. The van der Waals surface area contributed by atoms with Gasteiger partial charge in [0.25, 0.3) is 0 Å². The molecule has 120 valence electrons. The topological polar surface area (TPSA) is 30.2 Å². The molecule has 0 radical (unpaired) electrons. The van der Waals surface area contributed by atoms with Gasteiger partial charge in [-0.05, 0) is 66.7 Å². The molecule has 5 heteroatoms. The van der Waals surface area contributed by atoms with Gasteiger partial charge in [-0.2, -0.15) is 0 Å². The summed E-state index contributed by atoms with van der Waals surface area (Å²) in [7, 11) is 0. The van der Waals surface area contributed by atoms with E-state index in [9.17, 15) is 4.79 Å². The van der Waals surface area contributed by atoms with Gasteiger partial charge in [-0.25, -0.2) is 0 Å². The molecule has 0 saturated carbocycles. The van der Waals surface area contributed by atoms with E-state index in [1.807, 2.05) is 24.3 Å². The Bertz CT molecular complexity index is 911. The molecule has 0 fully saturated rings. The standard InChI is InChI=1S/C19H11BrCl2O2/c20-14-4-1-12(2-5-14)18(23)9-6-15-7-10-19(24-15)13-3-8-16(21)17(22)11-13/h1-11H. The molecule has 3 aromatic rings. The van der Waals surface area contributed by atoms with Gasteiger partial charge in [-0.1, -0.05) is 39.1 Å². The zero-order chi connectivity index (χ0) is 17.1. The molecule has 0 spiro atoms. The molecular weight excluding hydrogens is 411 g/mol. The molecule has 24 heavy (non-hydrogen) atoms. The summed E-state index contributed by atoms with van der Waals surface area (Å²) in [4.78, 5) is 12.1. The maximum Gasteiger partial charge on any atom is 0.185 e. The number of hydrogen-bond acceptors (Lipinski definition) is 2. The fourth-order valence-electron chi connectivity index (χ4n) is 2.12. The van der Waals surface area contributed by atoms with E-state index in [0.717, 1.165) is 10.0 Å². The predicted molar refractivity (Wildman–Crippen MR) is 102 cm³/mol. The molecule has 0 atom stereocenters. The van der Waals surface area contributed by atoms with E-state index in [-0.39, 0.29) is 5.78 Å². The molecule has 1 aromatic heterocycles. The zero-order valence-corrected chi connectivity index (χ0v) is 15.4. The van der Waals surface area contributed by atoms with Crippen LogP contribution in [0.4, 0.5) is 0 Å². The van der Waals surface area contributed by atoms with E-state index in [2.05, 4.69) is 15.9 Å². The molecule has 0 unspecified atom stereocenters. The lowest BCUT2D eigenvalue weighted by Gasteiger charge is -1.99. The third-order valence-electron chi connectivity index (χ3n) is 3.36. The highest BCUT2D eigenvalue weighted by Gasteiger charge is 2.07. The van der Waals surface area contributed by atoms with Crippen molar-refractivity contribution in [2.45, 2.75) is 0 Å². The van der Waals surface area contributed by atoms with Gasteiger partial charge in [0.1, 0.15) is 11.5 Å². The summed E-state index contributed by atoms with van der Waals surface area (Å²) < 4.78 is 6.65. The fourth-order valence-corrected chi connectivity index (χ4v) is 2.68. The van der Waals surface area contributed by atoms with Crippen LogP contribution in [-0.2, 0) is 0 Å². The average Bonchev–Trinajstić information content (AvgIpc) is 3.05. The highest BCUT2D eigenvalue weighted by molar-refractivity contribution is 9.10. The van der Waals surface area contributed by atoms with Crippen LogP contribution < -0.4 is 0 Å². The Labute approximate surface area is 157 Å². The smallest absolute Gasteiger partial charge is 0.185 e. The molecule has 2 nitrogen and oxygen atoms in total. The van der Waals surface area contributed by atoms with Crippen molar-refractivity contribution >= 4 is 51.0 Å². The molecular formula is C19H11BrCl2O2. The van der Waals surface area contributed by atoms with Gasteiger partial charge in [-0.15, -0.1) is 0 Å². The molecule has 0 aliphatic heterocycles. The predicted octanol–water partition coefficient (Wildman–Crippen LogP) is 6.91. The molecule has 0 N–H and O–H groups in total. The Balaban J connectivity index is 1.77. The number of carbonyl (C=O) groups is 1. The second-order valence-corrected chi connectivity index (χ2v) is 6.77. The molecule has 0 aliphatic rings. The highest BCUT2D eigenvalue weighted by Crippen LogP contribution is 2.29. The number of benzene rings is 2. The van der Waals surface area contributed by atoms with Crippen molar-refractivity contribution in [2.24, 2.45) is 0 Å². The van der Waals surface area contributed by atoms with E-state index in [1.165, 1.54) is 6.08 Å². The van der Waals surface area contributed by atoms with Crippen molar-refractivity contribution in [2.75, 3.05) is 0 Å². The van der Waals surface area contributed by atoms with Gasteiger partial charge in [-0.3, -0.25) is 4.79 Å². The molecule has 3 rings (SSSR count). The van der Waals surface area contributed by atoms with E-state index >= 15 is 0 Å². The molecule has 0 aliphatic carbocycles. The van der Waals surface area contributed by atoms with Gasteiger partial charge >= 0.3 is 0 Å². The molecule has 0 amide bonds. The van der Waals surface area contributed by atoms with Crippen LogP contribution in [0.15, 0.2) is 69.6 Å². The summed E-state index contributed by atoms with van der Waals surface area (Å²) in [5.41, 5.74) is 1.44. The second kappa shape index (κ2) is 7.39. The number of allylic oxidation sites excluding steroid dienone is 1. The van der Waals surface area contributed by atoms with E-state index < -0.39 is 0 Å². The van der Waals surface area contributed by atoms with Gasteiger partial charge in [0.15, 0.2) is 5.78 Å². The summed E-state index contributed by atoms with van der Waals surface area (Å²) in [6.07, 6.45) is 3.13.